The number of nitrogens with zero attached hydrogens (tertiary/aromatic N) is 1. The normalized spacial score (nSPS) is 14.7. The van der Waals surface area contributed by atoms with Gasteiger partial charge in [0.2, 0.25) is 0 Å². The molecule has 1 rings (SSSR count). The van der Waals surface area contributed by atoms with Gasteiger partial charge in [0.1, 0.15) is 0 Å². The molecule has 0 aliphatic carbocycles. The van der Waals surface area contributed by atoms with E-state index in [4.69, 9.17) is 5.73 Å². The molecule has 0 aliphatic heterocycles. The highest BCUT2D eigenvalue weighted by Crippen LogP contribution is 2.24. The first kappa shape index (κ1) is 16.5. The molecule has 0 heterocycles. The summed E-state index contributed by atoms with van der Waals surface area (Å²) in [5, 5.41) is 0. The Morgan fingerprint density at radius 2 is 1.79 bits per heavy atom. The predicted molar refractivity (Wildman–Crippen MR) is 87.9 cm³/mol. The summed E-state index contributed by atoms with van der Waals surface area (Å²) in [6.45, 7) is 7.24. The fourth-order valence-electron chi connectivity index (χ4n) is 2.71. The Bertz CT molecular complexity index is 372. The number of likely N-dealkylation sites (N-methyl/N-ethyl adjacent to an activating group) is 1. The van der Waals surface area contributed by atoms with E-state index in [9.17, 15) is 0 Å². The average Bonchev–Trinajstić information content (AvgIpc) is 2.35. The van der Waals surface area contributed by atoms with Gasteiger partial charge in [-0.25, -0.2) is 0 Å². The second-order valence-corrected chi connectivity index (χ2v) is 6.27. The number of benzene rings is 1. The minimum Gasteiger partial charge on any atom is -0.329 e. The second-order valence-electron chi connectivity index (χ2n) is 5.36. The summed E-state index contributed by atoms with van der Waals surface area (Å²) in [6, 6.07) is 7.66. The number of hydrogen-bond acceptors (Lipinski definition) is 3. The average molecular weight is 280 g/mol. The Morgan fingerprint density at radius 3 is 2.21 bits per heavy atom. The maximum Gasteiger partial charge on any atom is 0.0470 e. The van der Waals surface area contributed by atoms with Crippen LogP contribution in [-0.4, -0.2) is 36.5 Å². The zero-order valence-electron chi connectivity index (χ0n) is 12.9. The van der Waals surface area contributed by atoms with Crippen molar-refractivity contribution in [3.8, 4) is 0 Å². The molecule has 2 unspecified atom stereocenters. The molecule has 2 N–H and O–H groups in total. The molecule has 0 fully saturated rings. The fraction of sp³-hybridized carbons (Fsp3) is 0.625. The van der Waals surface area contributed by atoms with Crippen LogP contribution in [0.4, 0.5) is 0 Å². The van der Waals surface area contributed by atoms with Crippen molar-refractivity contribution in [1.29, 1.82) is 0 Å². The first-order valence-electron chi connectivity index (χ1n) is 7.02. The van der Waals surface area contributed by atoms with Crippen molar-refractivity contribution in [2.45, 2.75) is 39.3 Å². The fourth-order valence-corrected chi connectivity index (χ4v) is 3.57. The Hall–Kier alpha value is -0.510. The van der Waals surface area contributed by atoms with Gasteiger partial charge in [-0.1, -0.05) is 36.2 Å². The maximum atomic E-state index is 6.05. The topological polar surface area (TPSA) is 29.3 Å². The summed E-state index contributed by atoms with van der Waals surface area (Å²) in [7, 11) is 2.21. The van der Waals surface area contributed by atoms with Crippen LogP contribution in [0.1, 0.15) is 36.1 Å². The van der Waals surface area contributed by atoms with Crippen LogP contribution in [0.25, 0.3) is 0 Å². The largest absolute Gasteiger partial charge is 0.329 e. The van der Waals surface area contributed by atoms with Crippen molar-refractivity contribution in [2.75, 3.05) is 25.6 Å². The molecule has 0 radical (unpaired) electrons. The lowest BCUT2D eigenvalue weighted by Crippen LogP contribution is -2.39. The number of nitrogens with two attached hydrogens (primary N) is 1. The van der Waals surface area contributed by atoms with Gasteiger partial charge in [-0.3, -0.25) is 4.90 Å². The van der Waals surface area contributed by atoms with Crippen molar-refractivity contribution in [1.82, 2.24) is 4.90 Å². The van der Waals surface area contributed by atoms with E-state index in [2.05, 4.69) is 57.2 Å². The van der Waals surface area contributed by atoms with Crippen molar-refractivity contribution >= 4 is 11.8 Å². The Balaban J connectivity index is 2.97. The van der Waals surface area contributed by atoms with Crippen molar-refractivity contribution in [3.05, 3.63) is 34.9 Å². The number of thioether (sulfide) groups is 1. The van der Waals surface area contributed by atoms with E-state index in [-0.39, 0.29) is 0 Å². The Kier molecular flexibility index (Phi) is 6.90. The van der Waals surface area contributed by atoms with Gasteiger partial charge < -0.3 is 5.73 Å². The second kappa shape index (κ2) is 7.93. The van der Waals surface area contributed by atoms with E-state index in [0.29, 0.717) is 18.6 Å². The number of aryl methyl sites for hydroxylation is 2. The van der Waals surface area contributed by atoms with Gasteiger partial charge in [-0.15, -0.1) is 0 Å². The van der Waals surface area contributed by atoms with E-state index in [1.54, 1.807) is 0 Å². The molecule has 0 bridgehead atoms. The molecule has 2 atom stereocenters. The predicted octanol–water partition coefficient (Wildman–Crippen LogP) is 3.38. The summed E-state index contributed by atoms with van der Waals surface area (Å²) < 4.78 is 0. The highest BCUT2D eigenvalue weighted by Gasteiger charge is 2.22. The lowest BCUT2D eigenvalue weighted by molar-refractivity contribution is 0.188. The van der Waals surface area contributed by atoms with E-state index in [0.717, 1.165) is 5.75 Å². The van der Waals surface area contributed by atoms with Gasteiger partial charge in [0.05, 0.1) is 0 Å². The molecule has 1 aromatic rings. The van der Waals surface area contributed by atoms with Gasteiger partial charge in [0.25, 0.3) is 0 Å². The molecule has 0 spiro atoms. The van der Waals surface area contributed by atoms with Crippen LogP contribution in [0.15, 0.2) is 18.2 Å². The zero-order chi connectivity index (χ0) is 14.4. The first-order chi connectivity index (χ1) is 9.03. The SMILES string of the molecule is CCC(CSC)N(C)C(CN)c1cc(C)cc(C)c1. The van der Waals surface area contributed by atoms with Crippen LogP contribution < -0.4 is 5.73 Å². The summed E-state index contributed by atoms with van der Waals surface area (Å²) in [6.07, 6.45) is 3.34. The molecule has 0 saturated carbocycles. The molecular formula is C16H28N2S. The third-order valence-corrected chi connectivity index (χ3v) is 4.47. The van der Waals surface area contributed by atoms with Gasteiger partial charge in [0, 0.05) is 24.4 Å². The van der Waals surface area contributed by atoms with E-state index in [1.807, 2.05) is 11.8 Å². The van der Waals surface area contributed by atoms with Crippen molar-refractivity contribution in [3.63, 3.8) is 0 Å². The van der Waals surface area contributed by atoms with E-state index < -0.39 is 0 Å². The van der Waals surface area contributed by atoms with Gasteiger partial charge in [0.15, 0.2) is 0 Å². The monoisotopic (exact) mass is 280 g/mol. The molecule has 0 aromatic heterocycles. The molecular weight excluding hydrogens is 252 g/mol. The van der Waals surface area contributed by atoms with Gasteiger partial charge in [-0.2, -0.15) is 11.8 Å². The van der Waals surface area contributed by atoms with Crippen molar-refractivity contribution < 1.29 is 0 Å². The third kappa shape index (κ3) is 4.51. The minimum atomic E-state index is 0.315. The molecule has 0 aliphatic rings. The van der Waals surface area contributed by atoms with Gasteiger partial charge in [-0.05, 0) is 39.1 Å². The summed E-state index contributed by atoms with van der Waals surface area (Å²) in [4.78, 5) is 2.45. The zero-order valence-corrected chi connectivity index (χ0v) is 13.8. The standard InChI is InChI=1S/C16H28N2S/c1-6-15(11-19-5)18(4)16(10-17)14-8-12(2)7-13(3)9-14/h7-9,15-16H,6,10-11,17H2,1-5H3. The summed E-state index contributed by atoms with van der Waals surface area (Å²) in [5.41, 5.74) is 10.0. The summed E-state index contributed by atoms with van der Waals surface area (Å²) in [5.74, 6) is 1.16. The summed E-state index contributed by atoms with van der Waals surface area (Å²) >= 11 is 1.91. The maximum absolute atomic E-state index is 6.05. The van der Waals surface area contributed by atoms with Crippen molar-refractivity contribution in [2.24, 2.45) is 5.73 Å². The molecule has 0 amide bonds. The minimum absolute atomic E-state index is 0.315. The molecule has 108 valence electrons. The van der Waals surface area contributed by atoms with E-state index in [1.165, 1.54) is 23.1 Å². The number of hydrogen-bond donors (Lipinski definition) is 1. The van der Waals surface area contributed by atoms with Crippen LogP contribution >= 0.6 is 11.8 Å². The highest BCUT2D eigenvalue weighted by atomic mass is 32.2. The highest BCUT2D eigenvalue weighted by molar-refractivity contribution is 7.98. The Labute approximate surface area is 122 Å². The Morgan fingerprint density at radius 1 is 1.21 bits per heavy atom. The molecule has 0 saturated heterocycles. The molecule has 2 nitrogen and oxygen atoms in total. The van der Waals surface area contributed by atoms with Crippen LogP contribution in [0.3, 0.4) is 0 Å². The lowest BCUT2D eigenvalue weighted by atomic mass is 9.99. The molecule has 3 heteroatoms. The smallest absolute Gasteiger partial charge is 0.0470 e. The quantitative estimate of drug-likeness (QED) is 0.830. The van der Waals surface area contributed by atoms with Crippen LogP contribution in [-0.2, 0) is 0 Å². The van der Waals surface area contributed by atoms with E-state index >= 15 is 0 Å². The first-order valence-corrected chi connectivity index (χ1v) is 8.42. The number of rotatable bonds is 7. The van der Waals surface area contributed by atoms with Crippen LogP contribution in [0.5, 0.6) is 0 Å². The third-order valence-electron chi connectivity index (χ3n) is 3.75. The van der Waals surface area contributed by atoms with Crippen LogP contribution in [0.2, 0.25) is 0 Å². The molecule has 1 aromatic carbocycles. The molecule has 19 heavy (non-hydrogen) atoms. The van der Waals surface area contributed by atoms with Gasteiger partial charge >= 0.3 is 0 Å². The van der Waals surface area contributed by atoms with Crippen LogP contribution in [0, 0.1) is 13.8 Å². The lowest BCUT2D eigenvalue weighted by Gasteiger charge is -2.34.